The van der Waals surface area contributed by atoms with Crippen molar-refractivity contribution in [3.63, 3.8) is 0 Å². The summed E-state index contributed by atoms with van der Waals surface area (Å²) in [6, 6.07) is 6.61. The number of fused-ring (bicyclic) bond motifs is 1. The summed E-state index contributed by atoms with van der Waals surface area (Å²) in [4.78, 5) is 19.2. The average Bonchev–Trinajstić information content (AvgIpc) is 2.84. The number of hydrogen-bond acceptors (Lipinski definition) is 5. The van der Waals surface area contributed by atoms with Crippen LogP contribution < -0.4 is 5.73 Å². The van der Waals surface area contributed by atoms with Gasteiger partial charge in [-0.1, -0.05) is 0 Å². The van der Waals surface area contributed by atoms with Crippen molar-refractivity contribution < 1.29 is 9.90 Å². The SMILES string of the molecule is Nc1cc(-c2ccncc2)nc2cc(C(=O)O)nn12. The molecule has 0 aromatic carbocycles. The van der Waals surface area contributed by atoms with Gasteiger partial charge in [-0.05, 0) is 12.1 Å². The number of nitrogens with zero attached hydrogens (tertiary/aromatic N) is 4. The van der Waals surface area contributed by atoms with E-state index < -0.39 is 5.97 Å². The van der Waals surface area contributed by atoms with E-state index in [-0.39, 0.29) is 5.69 Å². The van der Waals surface area contributed by atoms with Crippen LogP contribution in [0.1, 0.15) is 10.5 Å². The zero-order chi connectivity index (χ0) is 13.4. The maximum Gasteiger partial charge on any atom is 0.356 e. The third-order valence-corrected chi connectivity index (χ3v) is 2.65. The van der Waals surface area contributed by atoms with Crippen molar-refractivity contribution in [1.29, 1.82) is 0 Å². The predicted molar refractivity (Wildman–Crippen MR) is 67.6 cm³/mol. The van der Waals surface area contributed by atoms with Gasteiger partial charge in [0.15, 0.2) is 11.3 Å². The Bertz CT molecular complexity index is 766. The van der Waals surface area contributed by atoms with E-state index in [1.165, 1.54) is 10.6 Å². The summed E-state index contributed by atoms with van der Waals surface area (Å²) in [5.74, 6) is -0.792. The summed E-state index contributed by atoms with van der Waals surface area (Å²) in [6.45, 7) is 0. The fourth-order valence-corrected chi connectivity index (χ4v) is 1.77. The number of rotatable bonds is 2. The minimum absolute atomic E-state index is 0.0916. The van der Waals surface area contributed by atoms with Crippen LogP contribution in [0.2, 0.25) is 0 Å². The van der Waals surface area contributed by atoms with Gasteiger partial charge in [-0.25, -0.2) is 9.78 Å². The van der Waals surface area contributed by atoms with Gasteiger partial charge < -0.3 is 10.8 Å². The molecule has 19 heavy (non-hydrogen) atoms. The Kier molecular flexibility index (Phi) is 2.38. The highest BCUT2D eigenvalue weighted by Crippen LogP contribution is 2.20. The molecule has 0 aliphatic carbocycles. The molecule has 0 radical (unpaired) electrons. The molecule has 0 amide bonds. The van der Waals surface area contributed by atoms with E-state index >= 15 is 0 Å². The van der Waals surface area contributed by atoms with Crippen molar-refractivity contribution >= 4 is 17.4 Å². The first-order valence-corrected chi connectivity index (χ1v) is 5.45. The second kappa shape index (κ2) is 4.05. The van der Waals surface area contributed by atoms with E-state index in [2.05, 4.69) is 15.1 Å². The molecule has 3 N–H and O–H groups in total. The van der Waals surface area contributed by atoms with E-state index in [4.69, 9.17) is 10.8 Å². The number of aromatic nitrogens is 4. The topological polar surface area (TPSA) is 106 Å². The molecule has 0 bridgehead atoms. The number of pyridine rings is 1. The average molecular weight is 255 g/mol. The summed E-state index contributed by atoms with van der Waals surface area (Å²) < 4.78 is 1.30. The van der Waals surface area contributed by atoms with E-state index in [1.807, 2.05) is 0 Å². The smallest absolute Gasteiger partial charge is 0.356 e. The van der Waals surface area contributed by atoms with Gasteiger partial charge in [-0.15, -0.1) is 0 Å². The molecule has 3 aromatic rings. The second-order valence-electron chi connectivity index (χ2n) is 3.91. The van der Waals surface area contributed by atoms with Crippen molar-refractivity contribution in [2.75, 3.05) is 5.73 Å². The van der Waals surface area contributed by atoms with Crippen LogP contribution in [0.25, 0.3) is 16.9 Å². The highest BCUT2D eigenvalue weighted by Gasteiger charge is 2.12. The van der Waals surface area contributed by atoms with Gasteiger partial charge in [0, 0.05) is 30.1 Å². The number of carboxylic acid groups (broad SMARTS) is 1. The minimum atomic E-state index is -1.12. The standard InChI is InChI=1S/C12H9N5O2/c13-10-5-8(7-1-3-14-4-2-7)15-11-6-9(12(18)19)16-17(10)11/h1-6H,13H2,(H,18,19). The number of hydrogen-bond donors (Lipinski definition) is 2. The summed E-state index contributed by atoms with van der Waals surface area (Å²) in [6.07, 6.45) is 3.30. The van der Waals surface area contributed by atoms with E-state index in [1.54, 1.807) is 30.6 Å². The Balaban J connectivity index is 2.22. The molecule has 0 saturated heterocycles. The Hall–Kier alpha value is -2.96. The zero-order valence-electron chi connectivity index (χ0n) is 9.69. The number of carboxylic acids is 1. The summed E-state index contributed by atoms with van der Waals surface area (Å²) in [5, 5.41) is 12.8. The highest BCUT2D eigenvalue weighted by atomic mass is 16.4. The van der Waals surface area contributed by atoms with Crippen LogP contribution in [0, 0.1) is 0 Å². The monoisotopic (exact) mass is 255 g/mol. The molecule has 0 saturated carbocycles. The molecular formula is C12H9N5O2. The molecule has 0 aliphatic heterocycles. The maximum atomic E-state index is 10.9. The van der Waals surface area contributed by atoms with E-state index in [0.717, 1.165) is 5.56 Å². The first-order valence-electron chi connectivity index (χ1n) is 5.45. The van der Waals surface area contributed by atoms with Crippen molar-refractivity contribution in [2.24, 2.45) is 0 Å². The van der Waals surface area contributed by atoms with Crippen LogP contribution in [0.4, 0.5) is 5.82 Å². The molecule has 0 unspecified atom stereocenters. The molecule has 0 aliphatic rings. The van der Waals surface area contributed by atoms with Gasteiger partial charge in [0.2, 0.25) is 0 Å². The van der Waals surface area contributed by atoms with Gasteiger partial charge in [0.1, 0.15) is 5.82 Å². The fraction of sp³-hybridized carbons (Fsp3) is 0. The van der Waals surface area contributed by atoms with Crippen molar-refractivity contribution in [3.8, 4) is 11.3 Å². The quantitative estimate of drug-likeness (QED) is 0.709. The third kappa shape index (κ3) is 1.86. The molecular weight excluding hydrogens is 246 g/mol. The Morgan fingerprint density at radius 2 is 2.00 bits per heavy atom. The molecule has 0 fully saturated rings. The van der Waals surface area contributed by atoms with Gasteiger partial charge in [-0.3, -0.25) is 4.98 Å². The lowest BCUT2D eigenvalue weighted by Gasteiger charge is -2.03. The number of carbonyl (C=O) groups is 1. The molecule has 3 heterocycles. The minimum Gasteiger partial charge on any atom is -0.476 e. The number of nitrogen functional groups attached to an aromatic ring is 1. The highest BCUT2D eigenvalue weighted by molar-refractivity contribution is 5.87. The largest absolute Gasteiger partial charge is 0.476 e. The van der Waals surface area contributed by atoms with Gasteiger partial charge in [0.25, 0.3) is 0 Å². The predicted octanol–water partition coefficient (Wildman–Crippen LogP) is 1.07. The van der Waals surface area contributed by atoms with Crippen molar-refractivity contribution in [1.82, 2.24) is 19.6 Å². The summed E-state index contributed by atoms with van der Waals surface area (Å²) >= 11 is 0. The van der Waals surface area contributed by atoms with Crippen LogP contribution in [-0.4, -0.2) is 30.7 Å². The Morgan fingerprint density at radius 3 is 2.68 bits per heavy atom. The van der Waals surface area contributed by atoms with Gasteiger partial charge >= 0.3 is 5.97 Å². The lowest BCUT2D eigenvalue weighted by Crippen LogP contribution is -2.02. The summed E-state index contributed by atoms with van der Waals surface area (Å²) in [5.41, 5.74) is 7.65. The van der Waals surface area contributed by atoms with Crippen molar-refractivity contribution in [2.45, 2.75) is 0 Å². The fourth-order valence-electron chi connectivity index (χ4n) is 1.77. The van der Waals surface area contributed by atoms with Crippen molar-refractivity contribution in [3.05, 3.63) is 42.4 Å². The van der Waals surface area contributed by atoms with E-state index in [0.29, 0.717) is 17.2 Å². The van der Waals surface area contributed by atoms with Gasteiger partial charge in [-0.2, -0.15) is 9.61 Å². The number of nitrogens with two attached hydrogens (primary N) is 1. The van der Waals surface area contributed by atoms with Crippen LogP contribution in [-0.2, 0) is 0 Å². The first-order chi connectivity index (χ1) is 9.15. The maximum absolute atomic E-state index is 10.9. The zero-order valence-corrected chi connectivity index (χ0v) is 9.69. The lowest BCUT2D eigenvalue weighted by molar-refractivity contribution is 0.0690. The normalized spacial score (nSPS) is 10.7. The third-order valence-electron chi connectivity index (χ3n) is 2.65. The number of anilines is 1. The molecule has 0 atom stereocenters. The molecule has 3 aromatic heterocycles. The first kappa shape index (κ1) is 11.1. The Morgan fingerprint density at radius 1 is 1.26 bits per heavy atom. The van der Waals surface area contributed by atoms with Gasteiger partial charge in [0.05, 0.1) is 5.69 Å². The van der Waals surface area contributed by atoms with Crippen LogP contribution in [0.3, 0.4) is 0 Å². The lowest BCUT2D eigenvalue weighted by atomic mass is 10.2. The Labute approximate surface area is 107 Å². The van der Waals surface area contributed by atoms with Crippen LogP contribution in [0.5, 0.6) is 0 Å². The van der Waals surface area contributed by atoms with Crippen LogP contribution in [0.15, 0.2) is 36.7 Å². The second-order valence-corrected chi connectivity index (χ2v) is 3.91. The molecule has 94 valence electrons. The molecule has 3 rings (SSSR count). The molecule has 7 nitrogen and oxygen atoms in total. The molecule has 0 spiro atoms. The molecule has 7 heteroatoms. The summed E-state index contributed by atoms with van der Waals surface area (Å²) in [7, 11) is 0. The van der Waals surface area contributed by atoms with E-state index in [9.17, 15) is 4.79 Å². The number of aromatic carboxylic acids is 1. The van der Waals surface area contributed by atoms with Crippen LogP contribution >= 0.6 is 0 Å².